The monoisotopic (exact) mass is 432 g/mol. The molecule has 164 valence electrons. The summed E-state index contributed by atoms with van der Waals surface area (Å²) >= 11 is 0. The standard InChI is InChI=1S/C23H33N3O3S/c1-6-8-18-11-13-19(14-12-18)23(17(2)3)24-16-22(27)25-20-9-7-10-21(15-20)30(28,29)26(4)5/h7,9-15,17,23-24H,6,8,16H2,1-5H3,(H,25,27)/p+1/t23-/m1/s1. The topological polar surface area (TPSA) is 83.1 Å². The summed E-state index contributed by atoms with van der Waals surface area (Å²) in [4.78, 5) is 12.7. The number of sulfonamides is 1. The number of amides is 1. The molecule has 7 heteroatoms. The van der Waals surface area contributed by atoms with Crippen LogP contribution in [0.2, 0.25) is 0 Å². The first-order chi connectivity index (χ1) is 14.1. The van der Waals surface area contributed by atoms with Gasteiger partial charge < -0.3 is 10.6 Å². The Morgan fingerprint density at radius 3 is 2.33 bits per heavy atom. The maximum atomic E-state index is 12.5. The van der Waals surface area contributed by atoms with E-state index in [1.807, 2.05) is 5.32 Å². The molecule has 0 fully saturated rings. The van der Waals surface area contributed by atoms with Crippen LogP contribution in [0, 0.1) is 5.92 Å². The zero-order valence-corrected chi connectivity index (χ0v) is 19.4. The molecule has 1 atom stereocenters. The van der Waals surface area contributed by atoms with E-state index >= 15 is 0 Å². The summed E-state index contributed by atoms with van der Waals surface area (Å²) in [5, 5.41) is 4.85. The van der Waals surface area contributed by atoms with Crippen molar-refractivity contribution in [2.45, 2.75) is 44.6 Å². The fourth-order valence-corrected chi connectivity index (χ4v) is 4.33. The van der Waals surface area contributed by atoms with Crippen LogP contribution in [0.4, 0.5) is 5.69 Å². The molecule has 1 amide bonds. The minimum Gasteiger partial charge on any atom is -0.332 e. The van der Waals surface area contributed by atoms with Crippen LogP contribution in [0.25, 0.3) is 0 Å². The largest absolute Gasteiger partial charge is 0.332 e. The molecule has 0 unspecified atom stereocenters. The van der Waals surface area contributed by atoms with Crippen molar-refractivity contribution in [3.63, 3.8) is 0 Å². The molecule has 0 aliphatic heterocycles. The minimum absolute atomic E-state index is 0.154. The number of rotatable bonds is 10. The summed E-state index contributed by atoms with van der Waals surface area (Å²) in [5.41, 5.74) is 3.01. The number of aryl methyl sites for hydroxylation is 1. The minimum atomic E-state index is -3.54. The van der Waals surface area contributed by atoms with Crippen LogP contribution in [0.15, 0.2) is 53.4 Å². The summed E-state index contributed by atoms with van der Waals surface area (Å²) < 4.78 is 25.7. The maximum Gasteiger partial charge on any atom is 0.279 e. The van der Waals surface area contributed by atoms with E-state index in [9.17, 15) is 13.2 Å². The third-order valence-electron chi connectivity index (χ3n) is 5.08. The van der Waals surface area contributed by atoms with Crippen LogP contribution in [-0.2, 0) is 21.2 Å². The van der Waals surface area contributed by atoms with E-state index in [1.54, 1.807) is 12.1 Å². The molecule has 0 spiro atoms. The molecule has 2 aromatic carbocycles. The Kier molecular flexibility index (Phi) is 8.58. The first-order valence-electron chi connectivity index (χ1n) is 10.4. The summed E-state index contributed by atoms with van der Waals surface area (Å²) in [6.45, 7) is 6.72. The van der Waals surface area contributed by atoms with Crippen molar-refractivity contribution < 1.29 is 18.5 Å². The van der Waals surface area contributed by atoms with Crippen LogP contribution in [0.5, 0.6) is 0 Å². The van der Waals surface area contributed by atoms with Crippen LogP contribution in [0.3, 0.4) is 0 Å². The van der Waals surface area contributed by atoms with E-state index in [1.165, 1.54) is 37.4 Å². The molecule has 0 saturated carbocycles. The van der Waals surface area contributed by atoms with Gasteiger partial charge in [-0.1, -0.05) is 57.5 Å². The number of benzene rings is 2. The lowest BCUT2D eigenvalue weighted by atomic mass is 9.94. The molecular weight excluding hydrogens is 398 g/mol. The Morgan fingerprint density at radius 2 is 1.77 bits per heavy atom. The Labute approximate surface area is 180 Å². The molecule has 0 aliphatic rings. The first kappa shape index (κ1) is 24.1. The van der Waals surface area contributed by atoms with Crippen molar-refractivity contribution >= 4 is 21.6 Å². The van der Waals surface area contributed by atoms with Gasteiger partial charge >= 0.3 is 0 Å². The lowest BCUT2D eigenvalue weighted by Crippen LogP contribution is -2.88. The lowest BCUT2D eigenvalue weighted by molar-refractivity contribution is -0.692. The lowest BCUT2D eigenvalue weighted by Gasteiger charge is -2.20. The van der Waals surface area contributed by atoms with Crippen molar-refractivity contribution in [3.05, 3.63) is 59.7 Å². The number of carbonyl (C=O) groups is 1. The fraction of sp³-hybridized carbons (Fsp3) is 0.435. The molecule has 2 aromatic rings. The molecule has 6 nitrogen and oxygen atoms in total. The summed E-state index contributed by atoms with van der Waals surface area (Å²) in [6.07, 6.45) is 2.19. The molecule has 3 N–H and O–H groups in total. The van der Waals surface area contributed by atoms with Gasteiger partial charge in [0.25, 0.3) is 5.91 Å². The van der Waals surface area contributed by atoms with Crippen LogP contribution >= 0.6 is 0 Å². The van der Waals surface area contributed by atoms with E-state index < -0.39 is 10.0 Å². The highest BCUT2D eigenvalue weighted by atomic mass is 32.2. The van der Waals surface area contributed by atoms with Gasteiger partial charge in [-0.3, -0.25) is 4.79 Å². The number of anilines is 1. The van der Waals surface area contributed by atoms with Gasteiger partial charge in [0.2, 0.25) is 10.0 Å². The Bertz CT molecular complexity index is 938. The summed E-state index contributed by atoms with van der Waals surface area (Å²) in [7, 11) is -0.577. The van der Waals surface area contributed by atoms with Crippen molar-refractivity contribution in [1.82, 2.24) is 4.31 Å². The van der Waals surface area contributed by atoms with Crippen LogP contribution in [-0.4, -0.2) is 39.3 Å². The highest BCUT2D eigenvalue weighted by molar-refractivity contribution is 7.89. The van der Waals surface area contributed by atoms with Crippen LogP contribution < -0.4 is 10.6 Å². The highest BCUT2D eigenvalue weighted by Crippen LogP contribution is 2.19. The van der Waals surface area contributed by atoms with E-state index in [0.717, 1.165) is 17.1 Å². The molecule has 0 saturated heterocycles. The second kappa shape index (κ2) is 10.7. The molecule has 0 radical (unpaired) electrons. The van der Waals surface area contributed by atoms with E-state index in [4.69, 9.17) is 0 Å². The third kappa shape index (κ3) is 6.39. The normalized spacial score (nSPS) is 12.9. The number of carbonyl (C=O) groups excluding carboxylic acids is 1. The highest BCUT2D eigenvalue weighted by Gasteiger charge is 2.21. The van der Waals surface area contributed by atoms with Gasteiger partial charge in [0.1, 0.15) is 6.04 Å². The van der Waals surface area contributed by atoms with E-state index in [0.29, 0.717) is 11.6 Å². The zero-order chi connectivity index (χ0) is 22.3. The van der Waals surface area contributed by atoms with Gasteiger partial charge in [-0.2, -0.15) is 0 Å². The molecule has 0 heterocycles. The fourth-order valence-electron chi connectivity index (χ4n) is 3.38. The predicted molar refractivity (Wildman–Crippen MR) is 121 cm³/mol. The van der Waals surface area contributed by atoms with Crippen molar-refractivity contribution in [3.8, 4) is 0 Å². The average molecular weight is 433 g/mol. The molecule has 0 aliphatic carbocycles. The number of hydrogen-bond donors (Lipinski definition) is 2. The van der Waals surface area contributed by atoms with Crippen molar-refractivity contribution in [1.29, 1.82) is 0 Å². The molecule has 0 bridgehead atoms. The number of quaternary nitrogens is 1. The number of nitrogens with one attached hydrogen (secondary N) is 1. The van der Waals surface area contributed by atoms with Gasteiger partial charge in [-0.15, -0.1) is 0 Å². The molecule has 0 aromatic heterocycles. The van der Waals surface area contributed by atoms with E-state index in [2.05, 4.69) is 50.4 Å². The maximum absolute atomic E-state index is 12.5. The molecular formula is C23H34N3O3S+. The van der Waals surface area contributed by atoms with Crippen molar-refractivity contribution in [2.75, 3.05) is 26.0 Å². The SMILES string of the molecule is CCCc1ccc([C@H]([NH2+]CC(=O)Nc2cccc(S(=O)(=O)N(C)C)c2)C(C)C)cc1. The molecule has 30 heavy (non-hydrogen) atoms. The second-order valence-corrected chi connectivity index (χ2v) is 10.2. The number of nitrogens with two attached hydrogens (primary N) is 1. The predicted octanol–water partition coefficient (Wildman–Crippen LogP) is 2.79. The smallest absolute Gasteiger partial charge is 0.279 e. The average Bonchev–Trinajstić information content (AvgIpc) is 2.69. The van der Waals surface area contributed by atoms with Crippen molar-refractivity contribution in [2.24, 2.45) is 5.92 Å². The number of nitrogens with zero attached hydrogens (tertiary/aromatic N) is 1. The Hall–Kier alpha value is -2.22. The summed E-state index contributed by atoms with van der Waals surface area (Å²) in [6, 6.07) is 15.1. The molecule has 2 rings (SSSR count). The van der Waals surface area contributed by atoms with Gasteiger partial charge in [0.05, 0.1) is 4.90 Å². The van der Waals surface area contributed by atoms with Gasteiger partial charge in [0, 0.05) is 31.3 Å². The first-order valence-corrected chi connectivity index (χ1v) is 11.8. The zero-order valence-electron chi connectivity index (χ0n) is 18.6. The van der Waals surface area contributed by atoms with Gasteiger partial charge in [-0.05, 0) is 30.2 Å². The second-order valence-electron chi connectivity index (χ2n) is 8.06. The third-order valence-corrected chi connectivity index (χ3v) is 6.89. The Balaban J connectivity index is 2.03. The van der Waals surface area contributed by atoms with Gasteiger partial charge in [-0.25, -0.2) is 12.7 Å². The van der Waals surface area contributed by atoms with E-state index in [-0.39, 0.29) is 23.4 Å². The quantitative estimate of drug-likeness (QED) is 0.606. The number of hydrogen-bond acceptors (Lipinski definition) is 3. The van der Waals surface area contributed by atoms with Crippen LogP contribution in [0.1, 0.15) is 44.4 Å². The Morgan fingerprint density at radius 1 is 1.10 bits per heavy atom. The van der Waals surface area contributed by atoms with Gasteiger partial charge in [0.15, 0.2) is 6.54 Å². The summed E-state index contributed by atoms with van der Waals surface area (Å²) in [5.74, 6) is 0.200.